The predicted octanol–water partition coefficient (Wildman–Crippen LogP) is 0.508. The van der Waals surface area contributed by atoms with Crippen molar-refractivity contribution in [2.24, 2.45) is 0 Å². The molecule has 0 saturated carbocycles. The lowest BCUT2D eigenvalue weighted by Crippen LogP contribution is -2.20. The SMILES string of the molecule is CNc1cncc(NCCOCCN(C)C)n1. The number of anilines is 2. The Morgan fingerprint density at radius 2 is 2.00 bits per heavy atom. The Kier molecular flexibility index (Phi) is 6.27. The molecule has 6 nitrogen and oxygen atoms in total. The molecule has 0 aliphatic heterocycles. The summed E-state index contributed by atoms with van der Waals surface area (Å²) in [5, 5.41) is 6.10. The Bertz CT molecular complexity index is 318. The van der Waals surface area contributed by atoms with Crippen LogP contribution >= 0.6 is 0 Å². The van der Waals surface area contributed by atoms with Gasteiger partial charge >= 0.3 is 0 Å². The number of likely N-dealkylation sites (N-methyl/N-ethyl adjacent to an activating group) is 1. The molecule has 0 bridgehead atoms. The lowest BCUT2D eigenvalue weighted by molar-refractivity contribution is 0.126. The summed E-state index contributed by atoms with van der Waals surface area (Å²) in [4.78, 5) is 10.4. The molecular weight excluding hydrogens is 218 g/mol. The molecule has 17 heavy (non-hydrogen) atoms. The average Bonchev–Trinajstić information content (AvgIpc) is 2.33. The van der Waals surface area contributed by atoms with Crippen molar-refractivity contribution in [2.75, 3.05) is 58.1 Å². The van der Waals surface area contributed by atoms with Gasteiger partial charge in [-0.1, -0.05) is 0 Å². The second-order valence-corrected chi connectivity index (χ2v) is 3.88. The van der Waals surface area contributed by atoms with Crippen LogP contribution in [-0.2, 0) is 4.74 Å². The lowest BCUT2D eigenvalue weighted by Gasteiger charge is -2.10. The highest BCUT2D eigenvalue weighted by Gasteiger charge is 1.96. The van der Waals surface area contributed by atoms with E-state index in [1.165, 1.54) is 0 Å². The first-order chi connectivity index (χ1) is 8.22. The molecule has 1 aromatic rings. The fraction of sp³-hybridized carbons (Fsp3) is 0.636. The molecule has 0 aliphatic carbocycles. The van der Waals surface area contributed by atoms with E-state index in [0.717, 1.165) is 31.3 Å². The van der Waals surface area contributed by atoms with Crippen LogP contribution in [0.1, 0.15) is 0 Å². The van der Waals surface area contributed by atoms with Crippen molar-refractivity contribution in [2.45, 2.75) is 0 Å². The van der Waals surface area contributed by atoms with Crippen molar-refractivity contribution in [3.8, 4) is 0 Å². The maximum Gasteiger partial charge on any atom is 0.147 e. The molecule has 96 valence electrons. The zero-order chi connectivity index (χ0) is 12.5. The minimum absolute atomic E-state index is 0.666. The Morgan fingerprint density at radius 1 is 1.24 bits per heavy atom. The molecule has 0 saturated heterocycles. The number of nitrogens with zero attached hydrogens (tertiary/aromatic N) is 3. The summed E-state index contributed by atoms with van der Waals surface area (Å²) >= 11 is 0. The largest absolute Gasteiger partial charge is 0.378 e. The van der Waals surface area contributed by atoms with E-state index in [9.17, 15) is 0 Å². The van der Waals surface area contributed by atoms with E-state index in [1.54, 1.807) is 12.4 Å². The van der Waals surface area contributed by atoms with Gasteiger partial charge in [-0.15, -0.1) is 0 Å². The number of rotatable bonds is 8. The van der Waals surface area contributed by atoms with Crippen LogP contribution in [0.3, 0.4) is 0 Å². The van der Waals surface area contributed by atoms with Gasteiger partial charge in [0, 0.05) is 20.1 Å². The Balaban J connectivity index is 2.13. The van der Waals surface area contributed by atoms with Crippen LogP contribution in [0.25, 0.3) is 0 Å². The van der Waals surface area contributed by atoms with E-state index in [-0.39, 0.29) is 0 Å². The van der Waals surface area contributed by atoms with Crippen LogP contribution in [0.5, 0.6) is 0 Å². The Labute approximate surface area is 102 Å². The summed E-state index contributed by atoms with van der Waals surface area (Å²) in [6, 6.07) is 0. The van der Waals surface area contributed by atoms with E-state index in [4.69, 9.17) is 4.74 Å². The molecule has 0 aliphatic rings. The van der Waals surface area contributed by atoms with Gasteiger partial charge in [0.05, 0.1) is 25.6 Å². The summed E-state index contributed by atoms with van der Waals surface area (Å²) in [7, 11) is 5.87. The molecule has 0 radical (unpaired) electrons. The number of hydrogen-bond donors (Lipinski definition) is 2. The van der Waals surface area contributed by atoms with E-state index >= 15 is 0 Å². The van der Waals surface area contributed by atoms with Crippen LogP contribution < -0.4 is 10.6 Å². The standard InChI is InChI=1S/C11H21N5O/c1-12-10-8-13-9-11(15-10)14-4-6-17-7-5-16(2)3/h8-9H,4-7H2,1-3H3,(H2,12,14,15). The molecule has 1 rings (SSSR count). The monoisotopic (exact) mass is 239 g/mol. The van der Waals surface area contributed by atoms with E-state index in [0.29, 0.717) is 6.61 Å². The molecule has 2 N–H and O–H groups in total. The van der Waals surface area contributed by atoms with Gasteiger partial charge in [0.2, 0.25) is 0 Å². The fourth-order valence-electron chi connectivity index (χ4n) is 1.17. The summed E-state index contributed by atoms with van der Waals surface area (Å²) in [6.07, 6.45) is 3.37. The molecule has 0 fully saturated rings. The van der Waals surface area contributed by atoms with Crippen LogP contribution in [0.4, 0.5) is 11.6 Å². The van der Waals surface area contributed by atoms with Crippen molar-refractivity contribution in [3.05, 3.63) is 12.4 Å². The third-order valence-corrected chi connectivity index (χ3v) is 2.13. The van der Waals surface area contributed by atoms with Gasteiger partial charge in [-0.25, -0.2) is 4.98 Å². The van der Waals surface area contributed by atoms with Gasteiger partial charge in [0.1, 0.15) is 11.6 Å². The topological polar surface area (TPSA) is 62.3 Å². The van der Waals surface area contributed by atoms with Crippen LogP contribution in [0, 0.1) is 0 Å². The Morgan fingerprint density at radius 3 is 2.71 bits per heavy atom. The molecule has 0 unspecified atom stereocenters. The summed E-state index contributed by atoms with van der Waals surface area (Å²) < 4.78 is 5.45. The number of ether oxygens (including phenoxy) is 1. The maximum absolute atomic E-state index is 5.45. The van der Waals surface area contributed by atoms with Crippen molar-refractivity contribution in [1.82, 2.24) is 14.9 Å². The van der Waals surface area contributed by atoms with Gasteiger partial charge in [-0.05, 0) is 14.1 Å². The highest BCUT2D eigenvalue weighted by atomic mass is 16.5. The quantitative estimate of drug-likeness (QED) is 0.644. The highest BCUT2D eigenvalue weighted by Crippen LogP contribution is 2.04. The van der Waals surface area contributed by atoms with Crippen LogP contribution in [0.2, 0.25) is 0 Å². The zero-order valence-corrected chi connectivity index (χ0v) is 10.7. The third-order valence-electron chi connectivity index (χ3n) is 2.13. The highest BCUT2D eigenvalue weighted by molar-refractivity contribution is 5.40. The normalized spacial score (nSPS) is 10.6. The third kappa shape index (κ3) is 6.03. The van der Waals surface area contributed by atoms with Gasteiger partial charge in [-0.2, -0.15) is 0 Å². The first kappa shape index (κ1) is 13.7. The van der Waals surface area contributed by atoms with Crippen LogP contribution in [-0.4, -0.2) is 62.3 Å². The molecule has 0 amide bonds. The molecule has 1 aromatic heterocycles. The molecule has 0 spiro atoms. The van der Waals surface area contributed by atoms with E-state index < -0.39 is 0 Å². The van der Waals surface area contributed by atoms with Crippen molar-refractivity contribution in [3.63, 3.8) is 0 Å². The van der Waals surface area contributed by atoms with Crippen LogP contribution in [0.15, 0.2) is 12.4 Å². The first-order valence-corrected chi connectivity index (χ1v) is 5.68. The van der Waals surface area contributed by atoms with Gasteiger partial charge in [0.25, 0.3) is 0 Å². The minimum Gasteiger partial charge on any atom is -0.378 e. The van der Waals surface area contributed by atoms with Crippen molar-refractivity contribution < 1.29 is 4.74 Å². The van der Waals surface area contributed by atoms with E-state index in [2.05, 4.69) is 25.5 Å². The molecule has 0 aromatic carbocycles. The second kappa shape index (κ2) is 7.81. The number of aromatic nitrogens is 2. The molecular formula is C11H21N5O. The lowest BCUT2D eigenvalue weighted by atomic mass is 10.5. The first-order valence-electron chi connectivity index (χ1n) is 5.68. The number of hydrogen-bond acceptors (Lipinski definition) is 6. The predicted molar refractivity (Wildman–Crippen MR) is 69.4 cm³/mol. The van der Waals surface area contributed by atoms with Gasteiger partial charge in [-0.3, -0.25) is 4.98 Å². The average molecular weight is 239 g/mol. The summed E-state index contributed by atoms with van der Waals surface area (Å²) in [5.74, 6) is 1.51. The van der Waals surface area contributed by atoms with Crippen molar-refractivity contribution >= 4 is 11.6 Å². The van der Waals surface area contributed by atoms with E-state index in [1.807, 2.05) is 21.1 Å². The smallest absolute Gasteiger partial charge is 0.147 e. The maximum atomic E-state index is 5.45. The zero-order valence-electron chi connectivity index (χ0n) is 10.7. The summed E-state index contributed by atoms with van der Waals surface area (Å²) in [5.41, 5.74) is 0. The van der Waals surface area contributed by atoms with Crippen molar-refractivity contribution in [1.29, 1.82) is 0 Å². The number of nitrogens with one attached hydrogen (secondary N) is 2. The molecule has 6 heteroatoms. The fourth-order valence-corrected chi connectivity index (χ4v) is 1.17. The molecule has 0 atom stereocenters. The Hall–Kier alpha value is -1.40. The second-order valence-electron chi connectivity index (χ2n) is 3.88. The van der Waals surface area contributed by atoms with Gasteiger partial charge in [0.15, 0.2) is 0 Å². The molecule has 1 heterocycles. The summed E-state index contributed by atoms with van der Waals surface area (Å²) in [6.45, 7) is 3.08. The van der Waals surface area contributed by atoms with Gasteiger partial charge < -0.3 is 20.3 Å². The minimum atomic E-state index is 0.666.